The number of para-hydroxylation sites is 1. The second-order valence-corrected chi connectivity index (χ2v) is 6.28. The van der Waals surface area contributed by atoms with Crippen molar-refractivity contribution in [1.29, 1.82) is 0 Å². The lowest BCUT2D eigenvalue weighted by Gasteiger charge is -2.17. The molecule has 120 valence electrons. The van der Waals surface area contributed by atoms with Crippen molar-refractivity contribution in [3.63, 3.8) is 0 Å². The summed E-state index contributed by atoms with van der Waals surface area (Å²) in [6, 6.07) is 15.4. The third-order valence-electron chi connectivity index (χ3n) is 3.94. The van der Waals surface area contributed by atoms with E-state index in [0.717, 1.165) is 33.2 Å². The highest BCUT2D eigenvalue weighted by molar-refractivity contribution is 7.98. The molecule has 1 aliphatic heterocycles. The number of aromatic nitrogens is 2. The molecule has 2 aromatic carbocycles. The lowest BCUT2D eigenvalue weighted by Crippen LogP contribution is -2.16. The number of hydrogen-bond donors (Lipinski definition) is 2. The zero-order valence-electron chi connectivity index (χ0n) is 13.0. The Balaban J connectivity index is 1.64. The minimum Gasteiger partial charge on any atom is -0.488 e. The summed E-state index contributed by atoms with van der Waals surface area (Å²) in [5.41, 5.74) is 3.66. The average Bonchev–Trinajstić information content (AvgIpc) is 3.06. The van der Waals surface area contributed by atoms with Gasteiger partial charge in [0.05, 0.1) is 0 Å². The molecular formula is C18H15N3O2S. The highest BCUT2D eigenvalue weighted by Gasteiger charge is 2.26. The first-order chi connectivity index (χ1) is 11.8. The first kappa shape index (κ1) is 14.8. The highest BCUT2D eigenvalue weighted by atomic mass is 32.2. The first-order valence-corrected chi connectivity index (χ1v) is 8.73. The van der Waals surface area contributed by atoms with E-state index in [-0.39, 0.29) is 5.91 Å². The third kappa shape index (κ3) is 2.55. The number of aromatic amines is 1. The lowest BCUT2D eigenvalue weighted by atomic mass is 10.0. The molecule has 5 nitrogen and oxygen atoms in total. The van der Waals surface area contributed by atoms with Gasteiger partial charge in [-0.3, -0.25) is 9.89 Å². The van der Waals surface area contributed by atoms with Gasteiger partial charge in [-0.1, -0.05) is 18.2 Å². The zero-order chi connectivity index (χ0) is 16.5. The van der Waals surface area contributed by atoms with Gasteiger partial charge < -0.3 is 10.1 Å². The number of carbonyl (C=O) groups is 1. The Bertz CT molecular complexity index is 920. The number of fused-ring (bicyclic) bond motifs is 3. The van der Waals surface area contributed by atoms with Crippen LogP contribution in [0.5, 0.6) is 5.75 Å². The summed E-state index contributed by atoms with van der Waals surface area (Å²) in [7, 11) is 0. The van der Waals surface area contributed by atoms with Gasteiger partial charge in [0.1, 0.15) is 23.7 Å². The molecule has 3 aromatic rings. The summed E-state index contributed by atoms with van der Waals surface area (Å²) in [5, 5.41) is 10.1. The fraction of sp³-hybridized carbons (Fsp3) is 0.111. The Hall–Kier alpha value is -2.73. The number of H-pyrrole nitrogens is 1. The van der Waals surface area contributed by atoms with Crippen LogP contribution in [0.4, 0.5) is 5.69 Å². The van der Waals surface area contributed by atoms with Gasteiger partial charge in [0.2, 0.25) is 0 Å². The second kappa shape index (κ2) is 6.05. The van der Waals surface area contributed by atoms with E-state index in [0.29, 0.717) is 12.3 Å². The third-order valence-corrected chi connectivity index (χ3v) is 4.66. The van der Waals surface area contributed by atoms with E-state index in [1.165, 1.54) is 0 Å². The van der Waals surface area contributed by atoms with Crippen molar-refractivity contribution in [3.8, 4) is 17.0 Å². The van der Waals surface area contributed by atoms with Crippen molar-refractivity contribution >= 4 is 23.4 Å². The molecule has 0 saturated carbocycles. The number of nitrogens with one attached hydrogen (secondary N) is 2. The average molecular weight is 337 g/mol. The quantitative estimate of drug-likeness (QED) is 0.710. The largest absolute Gasteiger partial charge is 0.488 e. The van der Waals surface area contributed by atoms with Gasteiger partial charge in [0.25, 0.3) is 5.91 Å². The second-order valence-electron chi connectivity index (χ2n) is 5.40. The minimum atomic E-state index is -0.218. The molecule has 0 unspecified atom stereocenters. The number of nitrogens with zero attached hydrogens (tertiary/aromatic N) is 1. The summed E-state index contributed by atoms with van der Waals surface area (Å²) in [6.45, 7) is 0.330. The van der Waals surface area contributed by atoms with Gasteiger partial charge in [-0.25, -0.2) is 0 Å². The Morgan fingerprint density at radius 2 is 2.12 bits per heavy atom. The number of rotatable bonds is 3. The number of anilines is 1. The normalized spacial score (nSPS) is 12.0. The molecule has 2 heterocycles. The van der Waals surface area contributed by atoms with Gasteiger partial charge in [-0.2, -0.15) is 5.10 Å². The van der Waals surface area contributed by atoms with E-state index < -0.39 is 0 Å². The molecule has 0 aliphatic carbocycles. The molecule has 4 rings (SSSR count). The zero-order valence-corrected chi connectivity index (χ0v) is 13.8. The smallest absolute Gasteiger partial charge is 0.274 e. The summed E-state index contributed by atoms with van der Waals surface area (Å²) < 4.78 is 5.74. The molecule has 0 atom stereocenters. The maximum absolute atomic E-state index is 12.6. The van der Waals surface area contributed by atoms with Crippen molar-refractivity contribution in [3.05, 3.63) is 59.8 Å². The number of benzene rings is 2. The van der Waals surface area contributed by atoms with Crippen molar-refractivity contribution in [2.24, 2.45) is 0 Å². The maximum Gasteiger partial charge on any atom is 0.274 e. The predicted octanol–water partition coefficient (Wildman–Crippen LogP) is 3.94. The van der Waals surface area contributed by atoms with Gasteiger partial charge in [-0.15, -0.1) is 11.8 Å². The van der Waals surface area contributed by atoms with Crippen LogP contribution in [0.25, 0.3) is 11.3 Å². The summed E-state index contributed by atoms with van der Waals surface area (Å²) in [6.07, 6.45) is 2.00. The topological polar surface area (TPSA) is 67.0 Å². The molecule has 6 heteroatoms. The predicted molar refractivity (Wildman–Crippen MR) is 94.5 cm³/mol. The summed E-state index contributed by atoms with van der Waals surface area (Å²) in [5.74, 6) is 0.570. The van der Waals surface area contributed by atoms with Crippen molar-refractivity contribution in [2.75, 3.05) is 11.6 Å². The van der Waals surface area contributed by atoms with Crippen LogP contribution in [0, 0.1) is 0 Å². The minimum absolute atomic E-state index is 0.218. The van der Waals surface area contributed by atoms with Crippen LogP contribution in [0.3, 0.4) is 0 Å². The monoisotopic (exact) mass is 337 g/mol. The van der Waals surface area contributed by atoms with Crippen LogP contribution >= 0.6 is 11.8 Å². The fourth-order valence-corrected chi connectivity index (χ4v) is 3.21. The van der Waals surface area contributed by atoms with Crippen LogP contribution in [-0.4, -0.2) is 22.4 Å². The molecule has 0 spiro atoms. The molecule has 1 aliphatic rings. The number of carbonyl (C=O) groups excluding carboxylic acids is 1. The van der Waals surface area contributed by atoms with Crippen LogP contribution in [0.1, 0.15) is 16.1 Å². The summed E-state index contributed by atoms with van der Waals surface area (Å²) >= 11 is 1.63. The van der Waals surface area contributed by atoms with E-state index in [1.807, 2.05) is 54.8 Å². The standard InChI is InChI=1S/C18H15N3O2S/c1-24-12-6-4-5-11(9-12)19-18(22)17-14-10-23-15-8-3-2-7-13(15)16(14)20-21-17/h2-9H,10H2,1H3,(H,19,22)(H,20,21). The first-order valence-electron chi connectivity index (χ1n) is 7.51. The lowest BCUT2D eigenvalue weighted by molar-refractivity contribution is 0.102. The Labute approximate surface area is 143 Å². The number of ether oxygens (including phenoxy) is 1. The van der Waals surface area contributed by atoms with Gasteiger partial charge in [0, 0.05) is 21.7 Å². The number of hydrogen-bond acceptors (Lipinski definition) is 4. The van der Waals surface area contributed by atoms with Gasteiger partial charge >= 0.3 is 0 Å². The maximum atomic E-state index is 12.6. The van der Waals surface area contributed by atoms with E-state index in [4.69, 9.17) is 4.74 Å². The molecule has 0 fully saturated rings. The Morgan fingerprint density at radius 3 is 3.00 bits per heavy atom. The van der Waals surface area contributed by atoms with Gasteiger partial charge in [-0.05, 0) is 36.6 Å². The SMILES string of the molecule is CSc1cccc(NC(=O)c2[nH]nc3c2COc2ccccc2-3)c1. The van der Waals surface area contributed by atoms with E-state index in [9.17, 15) is 4.79 Å². The van der Waals surface area contributed by atoms with E-state index >= 15 is 0 Å². The summed E-state index contributed by atoms with van der Waals surface area (Å²) in [4.78, 5) is 13.7. The molecule has 1 aromatic heterocycles. The Morgan fingerprint density at radius 1 is 1.25 bits per heavy atom. The van der Waals surface area contributed by atoms with Crippen LogP contribution in [0.2, 0.25) is 0 Å². The molecule has 0 radical (unpaired) electrons. The molecule has 24 heavy (non-hydrogen) atoms. The molecule has 0 bridgehead atoms. The molecule has 0 saturated heterocycles. The van der Waals surface area contributed by atoms with Gasteiger partial charge in [0.15, 0.2) is 0 Å². The van der Waals surface area contributed by atoms with E-state index in [1.54, 1.807) is 11.8 Å². The molecule has 1 amide bonds. The van der Waals surface area contributed by atoms with Crippen molar-refractivity contribution in [2.45, 2.75) is 11.5 Å². The number of amides is 1. The Kier molecular flexibility index (Phi) is 3.74. The number of thioether (sulfide) groups is 1. The van der Waals surface area contributed by atoms with Crippen LogP contribution < -0.4 is 10.1 Å². The molecular weight excluding hydrogens is 322 g/mol. The van der Waals surface area contributed by atoms with Crippen LogP contribution in [-0.2, 0) is 6.61 Å². The molecule has 2 N–H and O–H groups in total. The van der Waals surface area contributed by atoms with E-state index in [2.05, 4.69) is 15.5 Å². The fourth-order valence-electron chi connectivity index (χ4n) is 2.75. The van der Waals surface area contributed by atoms with Crippen molar-refractivity contribution in [1.82, 2.24) is 10.2 Å². The highest BCUT2D eigenvalue weighted by Crippen LogP contribution is 2.37. The van der Waals surface area contributed by atoms with Crippen LogP contribution in [0.15, 0.2) is 53.4 Å². The van der Waals surface area contributed by atoms with Crippen molar-refractivity contribution < 1.29 is 9.53 Å².